The highest BCUT2D eigenvalue weighted by atomic mass is 16.5. The standard InChI is InChI=1S/C27H25N3O5/c1-35-27(34)22-10-5-13-30(22)17-11-14-29(15-12-17)16-23(31)28-21-9-4-8-20-24(21)26(33)19-7-3-2-6-18(19)25(20)32/h2-10,13,17H,11-12,14-16H2,1H3,(H,28,31). The largest absolute Gasteiger partial charge is 0.464 e. The van der Waals surface area contributed by atoms with Gasteiger partial charge in [-0.1, -0.05) is 36.4 Å². The number of rotatable bonds is 5. The maximum absolute atomic E-state index is 13.1. The molecule has 0 atom stereocenters. The summed E-state index contributed by atoms with van der Waals surface area (Å²) in [6, 6.07) is 15.4. The zero-order valence-electron chi connectivity index (χ0n) is 19.3. The number of aromatic nitrogens is 1. The maximum Gasteiger partial charge on any atom is 0.354 e. The molecule has 1 N–H and O–H groups in total. The number of piperidine rings is 1. The molecule has 1 fully saturated rings. The van der Waals surface area contributed by atoms with Crippen molar-refractivity contribution in [1.29, 1.82) is 0 Å². The van der Waals surface area contributed by atoms with Gasteiger partial charge in [-0.3, -0.25) is 19.3 Å². The number of carbonyl (C=O) groups is 4. The van der Waals surface area contributed by atoms with Crippen molar-refractivity contribution < 1.29 is 23.9 Å². The monoisotopic (exact) mass is 471 g/mol. The van der Waals surface area contributed by atoms with Gasteiger partial charge in [-0.05, 0) is 31.0 Å². The minimum Gasteiger partial charge on any atom is -0.464 e. The van der Waals surface area contributed by atoms with Crippen LogP contribution in [0.4, 0.5) is 5.69 Å². The van der Waals surface area contributed by atoms with E-state index in [1.54, 1.807) is 48.5 Å². The zero-order chi connectivity index (χ0) is 24.5. The summed E-state index contributed by atoms with van der Waals surface area (Å²) in [5, 5.41) is 2.85. The number of carbonyl (C=O) groups excluding carboxylic acids is 4. The van der Waals surface area contributed by atoms with Gasteiger partial charge in [-0.15, -0.1) is 0 Å². The summed E-state index contributed by atoms with van der Waals surface area (Å²) >= 11 is 0. The third-order valence-electron chi connectivity index (χ3n) is 6.72. The van der Waals surface area contributed by atoms with Crippen molar-refractivity contribution >= 4 is 29.1 Å². The van der Waals surface area contributed by atoms with Crippen LogP contribution in [0.3, 0.4) is 0 Å². The van der Waals surface area contributed by atoms with Gasteiger partial charge in [0.05, 0.1) is 24.9 Å². The van der Waals surface area contributed by atoms with Crippen LogP contribution < -0.4 is 5.32 Å². The average Bonchev–Trinajstić information content (AvgIpc) is 3.37. The Kier molecular flexibility index (Phi) is 6.05. The van der Waals surface area contributed by atoms with Crippen LogP contribution in [-0.4, -0.2) is 59.7 Å². The Bertz CT molecular complexity index is 1330. The number of likely N-dealkylation sites (tertiary alicyclic amines) is 1. The Balaban J connectivity index is 1.25. The fourth-order valence-electron chi connectivity index (χ4n) is 4.99. The van der Waals surface area contributed by atoms with E-state index in [4.69, 9.17) is 4.74 Å². The molecule has 1 aromatic heterocycles. The van der Waals surface area contributed by atoms with E-state index < -0.39 is 0 Å². The van der Waals surface area contributed by atoms with Gasteiger partial charge in [-0.2, -0.15) is 0 Å². The zero-order valence-corrected chi connectivity index (χ0v) is 19.3. The molecule has 2 aliphatic rings. The van der Waals surface area contributed by atoms with E-state index in [9.17, 15) is 19.2 Å². The van der Waals surface area contributed by atoms with E-state index >= 15 is 0 Å². The lowest BCUT2D eigenvalue weighted by Crippen LogP contribution is -2.40. The third-order valence-corrected chi connectivity index (χ3v) is 6.72. The summed E-state index contributed by atoms with van der Waals surface area (Å²) in [6.07, 6.45) is 3.46. The molecule has 178 valence electrons. The molecule has 2 heterocycles. The molecule has 8 heteroatoms. The van der Waals surface area contributed by atoms with Crippen molar-refractivity contribution in [3.63, 3.8) is 0 Å². The third kappa shape index (κ3) is 4.17. The first-order valence-corrected chi connectivity index (χ1v) is 11.6. The van der Waals surface area contributed by atoms with Gasteiger partial charge < -0.3 is 14.6 Å². The number of ketones is 2. The van der Waals surface area contributed by atoms with Crippen LogP contribution in [0.5, 0.6) is 0 Å². The molecule has 1 aliphatic carbocycles. The second-order valence-electron chi connectivity index (χ2n) is 8.78. The molecule has 2 aromatic carbocycles. The van der Waals surface area contributed by atoms with E-state index in [0.717, 1.165) is 12.8 Å². The van der Waals surface area contributed by atoms with Crippen LogP contribution in [0.25, 0.3) is 0 Å². The van der Waals surface area contributed by atoms with Crippen LogP contribution in [0.2, 0.25) is 0 Å². The number of hydrogen-bond acceptors (Lipinski definition) is 6. The molecule has 0 unspecified atom stereocenters. The van der Waals surface area contributed by atoms with E-state index in [0.29, 0.717) is 41.2 Å². The van der Waals surface area contributed by atoms with Crippen LogP contribution in [0.15, 0.2) is 60.8 Å². The summed E-state index contributed by atoms with van der Waals surface area (Å²) in [5.74, 6) is -1.09. The SMILES string of the molecule is COC(=O)c1cccn1C1CCN(CC(=O)Nc2cccc3c2C(=O)c2ccccc2C3=O)CC1. The summed E-state index contributed by atoms with van der Waals surface area (Å²) in [7, 11) is 1.37. The number of nitrogens with zero attached hydrogens (tertiary/aromatic N) is 2. The molecule has 0 spiro atoms. The van der Waals surface area contributed by atoms with Crippen LogP contribution in [-0.2, 0) is 9.53 Å². The fourth-order valence-corrected chi connectivity index (χ4v) is 4.99. The van der Waals surface area contributed by atoms with Crippen LogP contribution >= 0.6 is 0 Å². The number of ether oxygens (including phenoxy) is 1. The number of methoxy groups -OCH3 is 1. The lowest BCUT2D eigenvalue weighted by atomic mass is 9.83. The predicted molar refractivity (Wildman–Crippen MR) is 129 cm³/mol. The summed E-state index contributed by atoms with van der Waals surface area (Å²) in [5.41, 5.74) is 2.16. The molecule has 1 amide bonds. The highest BCUT2D eigenvalue weighted by Gasteiger charge is 2.32. The molecule has 35 heavy (non-hydrogen) atoms. The number of esters is 1. The first kappa shape index (κ1) is 22.7. The molecular formula is C27H25N3O5. The molecule has 0 saturated carbocycles. The molecule has 3 aromatic rings. The number of nitrogens with one attached hydrogen (secondary N) is 1. The van der Waals surface area contributed by atoms with Crippen molar-refractivity contribution in [1.82, 2.24) is 9.47 Å². The highest BCUT2D eigenvalue weighted by Crippen LogP contribution is 2.32. The van der Waals surface area contributed by atoms with Crippen molar-refractivity contribution in [3.8, 4) is 0 Å². The van der Waals surface area contributed by atoms with Crippen LogP contribution in [0.1, 0.15) is 61.2 Å². The van der Waals surface area contributed by atoms with Crippen molar-refractivity contribution in [2.75, 3.05) is 32.1 Å². The molecule has 1 aliphatic heterocycles. The average molecular weight is 472 g/mol. The molecular weight excluding hydrogens is 446 g/mol. The second kappa shape index (κ2) is 9.31. The highest BCUT2D eigenvalue weighted by molar-refractivity contribution is 6.30. The fraction of sp³-hybridized carbons (Fsp3) is 0.259. The maximum atomic E-state index is 13.1. The van der Waals surface area contributed by atoms with Gasteiger partial charge in [0.15, 0.2) is 11.6 Å². The van der Waals surface area contributed by atoms with E-state index in [2.05, 4.69) is 5.32 Å². The van der Waals surface area contributed by atoms with Gasteiger partial charge in [-0.25, -0.2) is 4.79 Å². The van der Waals surface area contributed by atoms with Crippen molar-refractivity contribution in [3.05, 3.63) is 88.7 Å². The summed E-state index contributed by atoms with van der Waals surface area (Å²) < 4.78 is 6.81. The molecule has 0 radical (unpaired) electrons. The smallest absolute Gasteiger partial charge is 0.354 e. The topological polar surface area (TPSA) is 97.7 Å². The van der Waals surface area contributed by atoms with Gasteiger partial charge in [0, 0.05) is 42.0 Å². The van der Waals surface area contributed by atoms with E-state index in [1.165, 1.54) is 7.11 Å². The Morgan fingerprint density at radius 1 is 0.914 bits per heavy atom. The number of hydrogen-bond donors (Lipinski definition) is 1. The second-order valence-corrected chi connectivity index (χ2v) is 8.78. The van der Waals surface area contributed by atoms with Gasteiger partial charge in [0.2, 0.25) is 5.91 Å². The van der Waals surface area contributed by atoms with Gasteiger partial charge in [0.25, 0.3) is 0 Å². The Morgan fingerprint density at radius 2 is 1.60 bits per heavy atom. The molecule has 5 rings (SSSR count). The number of benzene rings is 2. The Labute approximate surface area is 202 Å². The lowest BCUT2D eigenvalue weighted by Gasteiger charge is -2.33. The first-order chi connectivity index (χ1) is 17.0. The molecule has 1 saturated heterocycles. The predicted octanol–water partition coefficient (Wildman–Crippen LogP) is 3.33. The van der Waals surface area contributed by atoms with E-state index in [-0.39, 0.29) is 41.6 Å². The lowest BCUT2D eigenvalue weighted by molar-refractivity contribution is -0.117. The summed E-state index contributed by atoms with van der Waals surface area (Å²) in [4.78, 5) is 53.0. The Morgan fingerprint density at radius 3 is 2.31 bits per heavy atom. The minimum atomic E-state index is -0.362. The Hall–Kier alpha value is -4.04. The quantitative estimate of drug-likeness (QED) is 0.449. The summed E-state index contributed by atoms with van der Waals surface area (Å²) in [6.45, 7) is 1.55. The van der Waals surface area contributed by atoms with E-state index in [1.807, 2.05) is 21.7 Å². The normalized spacial score (nSPS) is 15.9. The van der Waals surface area contributed by atoms with Crippen LogP contribution in [0, 0.1) is 0 Å². The van der Waals surface area contributed by atoms with Crippen molar-refractivity contribution in [2.24, 2.45) is 0 Å². The van der Waals surface area contributed by atoms with Gasteiger partial charge >= 0.3 is 5.97 Å². The number of amides is 1. The molecule has 0 bridgehead atoms. The molecule has 8 nitrogen and oxygen atoms in total. The number of fused-ring (bicyclic) bond motifs is 2. The minimum absolute atomic E-state index is 0.156. The van der Waals surface area contributed by atoms with Gasteiger partial charge in [0.1, 0.15) is 5.69 Å². The van der Waals surface area contributed by atoms with Crippen molar-refractivity contribution in [2.45, 2.75) is 18.9 Å². The number of anilines is 1. The first-order valence-electron chi connectivity index (χ1n) is 11.6.